The second kappa shape index (κ2) is 5.69. The van der Waals surface area contributed by atoms with Gasteiger partial charge in [0.15, 0.2) is 0 Å². The molecule has 2 unspecified atom stereocenters. The zero-order chi connectivity index (χ0) is 15.0. The summed E-state index contributed by atoms with van der Waals surface area (Å²) >= 11 is 5.62. The molecule has 21 heavy (non-hydrogen) atoms. The van der Waals surface area contributed by atoms with Gasteiger partial charge < -0.3 is 10.1 Å². The number of rotatable bonds is 2. The molecular formula is C15H17ClF3NO. The van der Waals surface area contributed by atoms with E-state index in [2.05, 4.69) is 5.32 Å². The molecule has 0 saturated carbocycles. The fraction of sp³-hybridized carbons (Fsp3) is 0.600. The molecule has 2 aliphatic heterocycles. The summed E-state index contributed by atoms with van der Waals surface area (Å²) in [7, 11) is 0. The highest BCUT2D eigenvalue weighted by Gasteiger charge is 2.35. The van der Waals surface area contributed by atoms with Gasteiger partial charge in [0.05, 0.1) is 10.6 Å². The zero-order valence-corrected chi connectivity index (χ0v) is 12.2. The highest BCUT2D eigenvalue weighted by Crippen LogP contribution is 2.37. The molecule has 0 aliphatic carbocycles. The third kappa shape index (κ3) is 3.46. The maximum Gasteiger partial charge on any atom is 0.417 e. The molecule has 2 nitrogen and oxygen atoms in total. The number of alkyl halides is 3. The molecule has 0 aromatic heterocycles. The van der Waals surface area contributed by atoms with Gasteiger partial charge in [-0.05, 0) is 43.9 Å². The first-order valence-corrected chi connectivity index (χ1v) is 7.59. The van der Waals surface area contributed by atoms with E-state index < -0.39 is 11.7 Å². The molecule has 1 N–H and O–H groups in total. The third-order valence-corrected chi connectivity index (χ3v) is 4.55. The van der Waals surface area contributed by atoms with Crippen molar-refractivity contribution >= 4 is 11.6 Å². The Morgan fingerprint density at radius 1 is 1.14 bits per heavy atom. The Labute approximate surface area is 126 Å². The Balaban J connectivity index is 1.73. The summed E-state index contributed by atoms with van der Waals surface area (Å²) in [5, 5.41) is 3.24. The average Bonchev–Trinajstić information content (AvgIpc) is 2.39. The van der Waals surface area contributed by atoms with Crippen molar-refractivity contribution in [2.24, 2.45) is 0 Å². The SMILES string of the molecule is FC(F)(F)c1cc(OC2CC3CCCC(C2)N3)ccc1Cl. The highest BCUT2D eigenvalue weighted by atomic mass is 35.5. The van der Waals surface area contributed by atoms with Gasteiger partial charge in [0.25, 0.3) is 0 Å². The standard InChI is InChI=1S/C15H17ClF3NO/c16-14-5-4-11(8-13(14)15(17,18)19)21-12-6-9-2-1-3-10(7-12)20-9/h4-5,8-10,12,20H,1-3,6-7H2. The maximum absolute atomic E-state index is 12.8. The minimum Gasteiger partial charge on any atom is -0.490 e. The Bertz CT molecular complexity index is 508. The number of nitrogens with one attached hydrogen (secondary N) is 1. The van der Waals surface area contributed by atoms with Gasteiger partial charge in [0, 0.05) is 12.1 Å². The Morgan fingerprint density at radius 3 is 2.43 bits per heavy atom. The van der Waals surface area contributed by atoms with Crippen LogP contribution in [0.3, 0.4) is 0 Å². The van der Waals surface area contributed by atoms with E-state index in [1.165, 1.54) is 18.6 Å². The van der Waals surface area contributed by atoms with Crippen molar-refractivity contribution in [3.63, 3.8) is 0 Å². The fourth-order valence-electron chi connectivity index (χ4n) is 3.30. The number of fused-ring (bicyclic) bond motifs is 2. The van der Waals surface area contributed by atoms with Crippen molar-refractivity contribution < 1.29 is 17.9 Å². The van der Waals surface area contributed by atoms with E-state index in [1.54, 1.807) is 0 Å². The maximum atomic E-state index is 12.8. The number of hydrogen-bond acceptors (Lipinski definition) is 2. The topological polar surface area (TPSA) is 21.3 Å². The first kappa shape index (κ1) is 15.0. The minimum atomic E-state index is -4.46. The van der Waals surface area contributed by atoms with Crippen molar-refractivity contribution in [1.29, 1.82) is 0 Å². The summed E-state index contributed by atoms with van der Waals surface area (Å²) in [6.07, 6.45) is 0.662. The molecule has 0 spiro atoms. The molecule has 116 valence electrons. The van der Waals surface area contributed by atoms with Crippen LogP contribution in [0.2, 0.25) is 5.02 Å². The molecule has 1 aromatic rings. The second-order valence-electron chi connectivity index (χ2n) is 5.84. The number of ether oxygens (including phenoxy) is 1. The monoisotopic (exact) mass is 319 g/mol. The van der Waals surface area contributed by atoms with Crippen molar-refractivity contribution in [2.75, 3.05) is 0 Å². The van der Waals surface area contributed by atoms with E-state index in [0.29, 0.717) is 12.1 Å². The summed E-state index contributed by atoms with van der Waals surface area (Å²) in [5.74, 6) is 0.247. The molecule has 2 fully saturated rings. The van der Waals surface area contributed by atoms with Crippen molar-refractivity contribution in [3.8, 4) is 5.75 Å². The van der Waals surface area contributed by atoms with Crippen LogP contribution in [0.15, 0.2) is 18.2 Å². The number of piperidine rings is 2. The van der Waals surface area contributed by atoms with Gasteiger partial charge >= 0.3 is 6.18 Å². The van der Waals surface area contributed by atoms with Crippen LogP contribution < -0.4 is 10.1 Å². The van der Waals surface area contributed by atoms with E-state index in [1.807, 2.05) is 0 Å². The summed E-state index contributed by atoms with van der Waals surface area (Å²) in [6, 6.07) is 4.62. The van der Waals surface area contributed by atoms with E-state index >= 15 is 0 Å². The van der Waals surface area contributed by atoms with Crippen LogP contribution in [0.1, 0.15) is 37.7 Å². The van der Waals surface area contributed by atoms with Crippen molar-refractivity contribution in [3.05, 3.63) is 28.8 Å². The van der Waals surface area contributed by atoms with Crippen LogP contribution in [-0.4, -0.2) is 18.2 Å². The van der Waals surface area contributed by atoms with Crippen LogP contribution in [0.25, 0.3) is 0 Å². The first-order chi connectivity index (χ1) is 9.91. The van der Waals surface area contributed by atoms with E-state index in [4.69, 9.17) is 16.3 Å². The molecule has 2 saturated heterocycles. The van der Waals surface area contributed by atoms with Crippen LogP contribution in [0.4, 0.5) is 13.2 Å². The fourth-order valence-corrected chi connectivity index (χ4v) is 3.52. The molecule has 0 radical (unpaired) electrons. The van der Waals surface area contributed by atoms with Crippen LogP contribution in [0.5, 0.6) is 5.75 Å². The Morgan fingerprint density at radius 2 is 1.81 bits per heavy atom. The zero-order valence-electron chi connectivity index (χ0n) is 11.4. The molecule has 2 bridgehead atoms. The third-order valence-electron chi connectivity index (χ3n) is 4.22. The summed E-state index contributed by atoms with van der Waals surface area (Å²) in [6.45, 7) is 0. The molecule has 1 aromatic carbocycles. The Hall–Kier alpha value is -0.940. The van der Waals surface area contributed by atoms with Gasteiger partial charge in [-0.25, -0.2) is 0 Å². The minimum absolute atomic E-state index is 0.0243. The molecule has 6 heteroatoms. The number of halogens is 4. The predicted molar refractivity (Wildman–Crippen MR) is 74.7 cm³/mol. The van der Waals surface area contributed by atoms with Gasteiger partial charge in [-0.3, -0.25) is 0 Å². The van der Waals surface area contributed by atoms with E-state index in [0.717, 1.165) is 31.7 Å². The van der Waals surface area contributed by atoms with Gasteiger partial charge in [0.2, 0.25) is 0 Å². The summed E-state index contributed by atoms with van der Waals surface area (Å²) in [5.41, 5.74) is -0.837. The normalized spacial score (nSPS) is 29.2. The lowest BCUT2D eigenvalue weighted by Gasteiger charge is -2.40. The van der Waals surface area contributed by atoms with Gasteiger partial charge in [-0.1, -0.05) is 18.0 Å². The lowest BCUT2D eigenvalue weighted by molar-refractivity contribution is -0.137. The molecule has 2 heterocycles. The van der Waals surface area contributed by atoms with Gasteiger partial charge in [-0.2, -0.15) is 13.2 Å². The van der Waals surface area contributed by atoms with E-state index in [9.17, 15) is 13.2 Å². The first-order valence-electron chi connectivity index (χ1n) is 7.21. The van der Waals surface area contributed by atoms with Gasteiger partial charge in [0.1, 0.15) is 11.9 Å². The Kier molecular flexibility index (Phi) is 4.06. The summed E-state index contributed by atoms with van der Waals surface area (Å²) < 4.78 is 44.3. The predicted octanol–water partition coefficient (Wildman–Crippen LogP) is 4.41. The number of hydrogen-bond donors (Lipinski definition) is 1. The lowest BCUT2D eigenvalue weighted by Crippen LogP contribution is -2.51. The second-order valence-corrected chi connectivity index (χ2v) is 6.25. The highest BCUT2D eigenvalue weighted by molar-refractivity contribution is 6.31. The quantitative estimate of drug-likeness (QED) is 0.871. The van der Waals surface area contributed by atoms with Crippen molar-refractivity contribution in [2.45, 2.75) is 56.5 Å². The average molecular weight is 320 g/mol. The number of benzene rings is 1. The molecule has 0 amide bonds. The van der Waals surface area contributed by atoms with Gasteiger partial charge in [-0.15, -0.1) is 0 Å². The smallest absolute Gasteiger partial charge is 0.417 e. The van der Waals surface area contributed by atoms with E-state index in [-0.39, 0.29) is 16.9 Å². The summed E-state index contributed by atoms with van der Waals surface area (Å²) in [4.78, 5) is 0. The largest absolute Gasteiger partial charge is 0.490 e. The van der Waals surface area contributed by atoms with Crippen molar-refractivity contribution in [1.82, 2.24) is 5.32 Å². The molecule has 2 atom stereocenters. The molecular weight excluding hydrogens is 303 g/mol. The van der Waals surface area contributed by atoms with Crippen LogP contribution in [-0.2, 0) is 6.18 Å². The molecule has 2 aliphatic rings. The van der Waals surface area contributed by atoms with Crippen LogP contribution >= 0.6 is 11.6 Å². The van der Waals surface area contributed by atoms with Crippen LogP contribution in [0, 0.1) is 0 Å². The molecule has 3 rings (SSSR count). The lowest BCUT2D eigenvalue weighted by atomic mass is 9.85.